The first-order chi connectivity index (χ1) is 9.86. The highest BCUT2D eigenvalue weighted by Gasteiger charge is 2.60. The molecule has 1 N–H and O–H groups in total. The van der Waals surface area contributed by atoms with Crippen LogP contribution in [0, 0.1) is 17.2 Å². The molecule has 21 heavy (non-hydrogen) atoms. The minimum atomic E-state index is -0.851. The number of fused-ring (bicyclic) bond motifs is 1. The zero-order valence-electron chi connectivity index (χ0n) is 12.7. The maximum absolute atomic E-state index is 11.3. The number of carbonyl (C=O) groups excluding carboxylic acids is 1. The van der Waals surface area contributed by atoms with Crippen LogP contribution in [-0.4, -0.2) is 65.3 Å². The minimum absolute atomic E-state index is 0.0902. The largest absolute Gasteiger partial charge is 0.437 e. The van der Waals surface area contributed by atoms with Gasteiger partial charge in [0.2, 0.25) is 0 Å². The van der Waals surface area contributed by atoms with Gasteiger partial charge in [0.05, 0.1) is 12.1 Å². The zero-order valence-corrected chi connectivity index (χ0v) is 13.5. The summed E-state index contributed by atoms with van der Waals surface area (Å²) in [4.78, 5) is 13.1. The van der Waals surface area contributed by atoms with E-state index in [1.807, 2.05) is 26.2 Å². The first kappa shape index (κ1) is 16.8. The molecule has 2 rings (SSSR count). The molecule has 1 unspecified atom stereocenters. The number of nitrogens with zero attached hydrogens (tertiary/aromatic N) is 2. The van der Waals surface area contributed by atoms with Gasteiger partial charge in [-0.3, -0.25) is 0 Å². The van der Waals surface area contributed by atoms with Crippen LogP contribution in [0.15, 0.2) is 0 Å². The highest BCUT2D eigenvalue weighted by molar-refractivity contribution is 7.98. The summed E-state index contributed by atoms with van der Waals surface area (Å²) in [6.45, 7) is 5.30. The van der Waals surface area contributed by atoms with Crippen LogP contribution in [0.5, 0.6) is 0 Å². The number of hydrogen-bond donors (Lipinski definition) is 1. The summed E-state index contributed by atoms with van der Waals surface area (Å²) in [6.07, 6.45) is 1.97. The van der Waals surface area contributed by atoms with Crippen LogP contribution in [0.4, 0.5) is 0 Å². The van der Waals surface area contributed by atoms with Crippen molar-refractivity contribution >= 4 is 25.1 Å². The summed E-state index contributed by atoms with van der Waals surface area (Å²) in [5.74, 6) is -0.854. The third-order valence-corrected chi connectivity index (χ3v) is 4.71. The van der Waals surface area contributed by atoms with Crippen molar-refractivity contribution in [3.05, 3.63) is 0 Å². The molecule has 2 fully saturated rings. The van der Waals surface area contributed by atoms with E-state index in [1.165, 1.54) is 0 Å². The van der Waals surface area contributed by atoms with Gasteiger partial charge in [-0.25, -0.2) is 0 Å². The highest BCUT2D eigenvalue weighted by Crippen LogP contribution is 2.43. The van der Waals surface area contributed by atoms with Crippen molar-refractivity contribution in [3.8, 4) is 6.07 Å². The lowest BCUT2D eigenvalue weighted by Gasteiger charge is -2.35. The van der Waals surface area contributed by atoms with Gasteiger partial charge in [0, 0.05) is 11.8 Å². The number of carbonyl (C=O) groups is 1. The van der Waals surface area contributed by atoms with Gasteiger partial charge in [-0.05, 0) is 26.9 Å². The van der Waals surface area contributed by atoms with Gasteiger partial charge in [-0.1, -0.05) is 0 Å². The van der Waals surface area contributed by atoms with Crippen molar-refractivity contribution in [1.82, 2.24) is 4.81 Å². The summed E-state index contributed by atoms with van der Waals surface area (Å²) in [6, 6.07) is 1.44. The molecule has 0 aliphatic carbocycles. The van der Waals surface area contributed by atoms with Crippen LogP contribution in [0.1, 0.15) is 13.8 Å². The lowest BCUT2D eigenvalue weighted by Crippen LogP contribution is -2.53. The molecule has 0 aromatic rings. The monoisotopic (exact) mass is 312 g/mol. The average molecular weight is 312 g/mol. The Morgan fingerprint density at radius 3 is 2.62 bits per heavy atom. The van der Waals surface area contributed by atoms with E-state index >= 15 is 0 Å². The second kappa shape index (κ2) is 6.27. The molecule has 6 nitrogen and oxygen atoms in total. The fourth-order valence-corrected chi connectivity index (χ4v) is 4.10. The van der Waals surface area contributed by atoms with E-state index in [0.29, 0.717) is 6.29 Å². The fraction of sp³-hybridized carbons (Fsp3) is 0.846. The van der Waals surface area contributed by atoms with Crippen molar-refractivity contribution in [2.75, 3.05) is 12.0 Å². The van der Waals surface area contributed by atoms with Crippen molar-refractivity contribution in [3.63, 3.8) is 0 Å². The first-order valence-electron chi connectivity index (χ1n) is 7.01. The first-order valence-corrected chi connectivity index (χ1v) is 8.40. The second-order valence-electron chi connectivity index (χ2n) is 5.95. The Bertz CT molecular complexity index is 442. The predicted octanol–water partition coefficient (Wildman–Crippen LogP) is 0.371. The number of rotatable bonds is 5. The Balaban J connectivity index is 2.39. The quantitative estimate of drug-likeness (QED) is 0.580. The van der Waals surface area contributed by atoms with Gasteiger partial charge in [0.1, 0.15) is 24.4 Å². The third kappa shape index (κ3) is 2.98. The van der Waals surface area contributed by atoms with Crippen LogP contribution in [0.2, 0.25) is 6.82 Å². The van der Waals surface area contributed by atoms with Crippen molar-refractivity contribution in [2.45, 2.75) is 50.7 Å². The van der Waals surface area contributed by atoms with Crippen molar-refractivity contribution < 1.29 is 19.3 Å². The summed E-state index contributed by atoms with van der Waals surface area (Å²) in [5.41, 5.74) is 0. The normalized spacial score (nSPS) is 36.0. The standard InChI is InChI=1S/C13H21BN2O4S/c1-13(2)19-11-9(7-21-4)16(14(3)18)10(12(11)20-13)8(5-15)6-17/h6,8-12,18H,7H2,1-4H3/t8?,9-,10+,11-,12+/m1/s1. The molecule has 2 heterocycles. The third-order valence-electron chi connectivity index (χ3n) is 4.04. The number of hydrogen-bond acceptors (Lipinski definition) is 7. The van der Waals surface area contributed by atoms with Crippen molar-refractivity contribution in [1.29, 1.82) is 5.26 Å². The predicted molar refractivity (Wildman–Crippen MR) is 80.6 cm³/mol. The zero-order chi connectivity index (χ0) is 15.8. The van der Waals surface area contributed by atoms with Gasteiger partial charge in [0.25, 0.3) is 0 Å². The molecular formula is C13H21BN2O4S. The highest BCUT2D eigenvalue weighted by atomic mass is 32.2. The Morgan fingerprint density at radius 2 is 2.14 bits per heavy atom. The smallest absolute Gasteiger partial charge is 0.377 e. The number of nitriles is 1. The molecule has 0 radical (unpaired) electrons. The molecule has 0 aromatic carbocycles. The molecular weight excluding hydrogens is 291 g/mol. The van der Waals surface area contributed by atoms with E-state index in [2.05, 4.69) is 0 Å². The van der Waals surface area contributed by atoms with Crippen molar-refractivity contribution in [2.24, 2.45) is 5.92 Å². The van der Waals surface area contributed by atoms with Crippen LogP contribution in [0.3, 0.4) is 0 Å². The van der Waals surface area contributed by atoms with Gasteiger partial charge in [-0.2, -0.15) is 17.0 Å². The van der Waals surface area contributed by atoms with Crippen LogP contribution in [-0.2, 0) is 14.3 Å². The Kier molecular flexibility index (Phi) is 5.01. The van der Waals surface area contributed by atoms with E-state index in [4.69, 9.17) is 9.47 Å². The van der Waals surface area contributed by atoms with Crippen LogP contribution in [0.25, 0.3) is 0 Å². The number of thioether (sulfide) groups is 1. The lowest BCUT2D eigenvalue weighted by molar-refractivity contribution is -0.164. The molecule has 0 aromatic heterocycles. The average Bonchev–Trinajstić information content (AvgIpc) is 2.85. The molecule has 5 atom stereocenters. The summed E-state index contributed by atoms with van der Waals surface area (Å²) >= 11 is 1.64. The molecule has 116 valence electrons. The van der Waals surface area contributed by atoms with Gasteiger partial charge in [-0.15, -0.1) is 0 Å². The molecule has 2 aliphatic heterocycles. The molecule has 2 saturated heterocycles. The molecule has 0 bridgehead atoms. The van der Waals surface area contributed by atoms with Crippen LogP contribution < -0.4 is 0 Å². The summed E-state index contributed by atoms with van der Waals surface area (Å²) in [7, 11) is -0.774. The van der Waals surface area contributed by atoms with E-state index in [1.54, 1.807) is 23.4 Å². The van der Waals surface area contributed by atoms with Crippen LogP contribution >= 0.6 is 11.8 Å². The molecule has 0 saturated carbocycles. The molecule has 0 spiro atoms. The topological polar surface area (TPSA) is 82.8 Å². The molecule has 8 heteroatoms. The molecule has 0 amide bonds. The van der Waals surface area contributed by atoms with Gasteiger partial charge in [0.15, 0.2) is 5.79 Å². The maximum atomic E-state index is 11.3. The van der Waals surface area contributed by atoms with E-state index in [9.17, 15) is 15.1 Å². The van der Waals surface area contributed by atoms with Gasteiger partial charge >= 0.3 is 7.05 Å². The Hall–Kier alpha value is -0.585. The fourth-order valence-electron chi connectivity index (χ4n) is 3.39. The Morgan fingerprint density at radius 1 is 1.52 bits per heavy atom. The Labute approximate surface area is 129 Å². The summed E-state index contributed by atoms with van der Waals surface area (Å²) < 4.78 is 11.9. The lowest BCUT2D eigenvalue weighted by atomic mass is 9.80. The minimum Gasteiger partial charge on any atom is -0.437 e. The SMILES string of the molecule is CSC[C@@H]1[C@H]2OC(C)(C)O[C@H]2[C@H](C(C#N)C=O)N1B(C)O. The summed E-state index contributed by atoms with van der Waals surface area (Å²) in [5, 5.41) is 19.4. The van der Waals surface area contributed by atoms with E-state index in [-0.39, 0.29) is 18.2 Å². The number of aldehydes is 1. The maximum Gasteiger partial charge on any atom is 0.377 e. The second-order valence-corrected chi connectivity index (χ2v) is 6.86. The van der Waals surface area contributed by atoms with E-state index in [0.717, 1.165) is 5.75 Å². The van der Waals surface area contributed by atoms with E-state index < -0.39 is 24.8 Å². The van der Waals surface area contributed by atoms with Gasteiger partial charge < -0.3 is 24.1 Å². The molecule has 2 aliphatic rings. The number of ether oxygens (including phenoxy) is 2.